The average molecular weight is 898 g/mol. The number of aliphatic hydroxyl groups excluding tert-OH is 3. The monoisotopic (exact) mass is 897 g/mol. The normalized spacial score (nSPS) is 22.6. The first-order valence-corrected chi connectivity index (χ1v) is 22.3. The SMILES string of the molecule is CN1CCN(CC(O)O)CCN(CO)C(Cc2ccc(NC(=O)CCC(=O)OCC(NCN(C)C(=O)CCCCC3SCC4NC(=O)NC43)C(O)O)cc2)CN(CC(=O)O)CC1. The molecule has 0 spiro atoms. The maximum Gasteiger partial charge on any atom is 0.317 e. The molecule has 4 rings (SSSR count). The van der Waals surface area contributed by atoms with Gasteiger partial charge in [0.25, 0.3) is 0 Å². The van der Waals surface area contributed by atoms with Crippen LogP contribution in [-0.2, 0) is 30.3 Å². The van der Waals surface area contributed by atoms with Gasteiger partial charge in [-0.3, -0.25) is 39.2 Å². The lowest BCUT2D eigenvalue weighted by Crippen LogP contribution is -2.52. The summed E-state index contributed by atoms with van der Waals surface area (Å²) in [6.07, 6.45) is -0.733. The van der Waals surface area contributed by atoms with Crippen molar-refractivity contribution in [1.29, 1.82) is 0 Å². The van der Waals surface area contributed by atoms with Crippen LogP contribution in [0.15, 0.2) is 24.3 Å². The van der Waals surface area contributed by atoms with Crippen molar-refractivity contribution in [2.24, 2.45) is 0 Å². The first-order valence-electron chi connectivity index (χ1n) is 21.2. The fraction of sp³-hybridized carbons (Fsp3) is 0.725. The number of carboxylic acid groups (broad SMARTS) is 1. The molecule has 3 aliphatic heterocycles. The van der Waals surface area contributed by atoms with Crippen LogP contribution in [0.5, 0.6) is 0 Å². The number of unbranched alkanes of at least 4 members (excludes halogenated alkanes) is 1. The van der Waals surface area contributed by atoms with Crippen LogP contribution >= 0.6 is 11.8 Å². The van der Waals surface area contributed by atoms with Gasteiger partial charge < -0.3 is 61.1 Å². The molecule has 3 heterocycles. The number of anilines is 1. The number of benzene rings is 1. The van der Waals surface area contributed by atoms with Gasteiger partial charge in [0.05, 0.1) is 44.5 Å². The first kappa shape index (κ1) is 51.0. The summed E-state index contributed by atoms with van der Waals surface area (Å²) in [6.45, 7) is 2.65. The molecule has 1 aromatic rings. The summed E-state index contributed by atoms with van der Waals surface area (Å²) >= 11 is 1.82. The van der Waals surface area contributed by atoms with Crippen LogP contribution in [0.4, 0.5) is 10.5 Å². The number of rotatable bonds is 22. The Bertz CT molecular complexity index is 1580. The number of aliphatic hydroxyl groups is 5. The van der Waals surface area contributed by atoms with Crippen molar-refractivity contribution in [1.82, 2.24) is 40.4 Å². The highest BCUT2D eigenvalue weighted by molar-refractivity contribution is 8.00. The standard InChI is InChI=1S/C40H67N9O12S/c1-45-13-15-47(21-35(53)54)17-18-49(26-50)29(20-48(16-14-45)22-36(55)56)19-27-7-9-28(10-8-27)42-33(51)11-12-37(57)61-23-30(39(58)59)41-25-46(2)34(52)6-4-3-5-32-38-31(24-62-32)43-40(60)44-38/h7-10,29-32,35,38-39,41,50,53-54,58-59H,3-6,11-26H2,1-2H3,(H,42,51)(H,55,56)(H2,43,44,60). The number of carbonyl (C=O) groups is 5. The molecule has 5 atom stereocenters. The molecule has 1 aromatic carbocycles. The predicted molar refractivity (Wildman–Crippen MR) is 230 cm³/mol. The number of esters is 1. The molecule has 3 fully saturated rings. The number of thioether (sulfide) groups is 1. The Hall–Kier alpha value is -3.68. The zero-order valence-electron chi connectivity index (χ0n) is 35.8. The van der Waals surface area contributed by atoms with E-state index in [9.17, 15) is 54.6 Å². The van der Waals surface area contributed by atoms with Gasteiger partial charge in [-0.1, -0.05) is 18.6 Å². The van der Waals surface area contributed by atoms with Gasteiger partial charge in [-0.15, -0.1) is 0 Å². The molecule has 0 aromatic heterocycles. The van der Waals surface area contributed by atoms with E-state index in [-0.39, 0.29) is 69.4 Å². The van der Waals surface area contributed by atoms with E-state index in [1.807, 2.05) is 45.6 Å². The predicted octanol–water partition coefficient (Wildman–Crippen LogP) is -2.53. The third-order valence-corrected chi connectivity index (χ3v) is 12.9. The van der Waals surface area contributed by atoms with Crippen LogP contribution in [0.25, 0.3) is 0 Å². The van der Waals surface area contributed by atoms with Crippen LogP contribution in [0.1, 0.15) is 44.1 Å². The fourth-order valence-electron chi connectivity index (χ4n) is 7.67. The smallest absolute Gasteiger partial charge is 0.317 e. The summed E-state index contributed by atoms with van der Waals surface area (Å²) in [5, 5.41) is 70.8. The summed E-state index contributed by atoms with van der Waals surface area (Å²) in [7, 11) is 3.51. The number of hydrogen-bond acceptors (Lipinski definition) is 17. The summed E-state index contributed by atoms with van der Waals surface area (Å²) in [5.74, 6) is -1.39. The van der Waals surface area contributed by atoms with Crippen molar-refractivity contribution in [3.05, 3.63) is 29.8 Å². The van der Waals surface area contributed by atoms with Crippen molar-refractivity contribution >= 4 is 47.2 Å². The highest BCUT2D eigenvalue weighted by Crippen LogP contribution is 2.33. The van der Waals surface area contributed by atoms with Gasteiger partial charge >= 0.3 is 18.0 Å². The third kappa shape index (κ3) is 17.8. The number of fused-ring (bicyclic) bond motifs is 1. The number of likely N-dealkylation sites (N-methyl/N-ethyl adjacent to an activating group) is 1. The summed E-state index contributed by atoms with van der Waals surface area (Å²) in [6, 6.07) is 5.80. The maximum atomic E-state index is 12.7. The first-order chi connectivity index (χ1) is 29.6. The lowest BCUT2D eigenvalue weighted by Gasteiger charge is -2.37. The number of urea groups is 1. The highest BCUT2D eigenvalue weighted by Gasteiger charge is 2.42. The Balaban J connectivity index is 1.19. The largest absolute Gasteiger partial charge is 0.480 e. The molecular formula is C40H67N9O12S. The van der Waals surface area contributed by atoms with Crippen molar-refractivity contribution in [2.75, 3.05) is 104 Å². The zero-order chi connectivity index (χ0) is 45.2. The molecule has 3 saturated heterocycles. The van der Waals surface area contributed by atoms with Gasteiger partial charge in [0.1, 0.15) is 6.61 Å². The van der Waals surface area contributed by atoms with E-state index in [1.54, 1.807) is 19.2 Å². The van der Waals surface area contributed by atoms with E-state index in [4.69, 9.17) is 4.74 Å². The van der Waals surface area contributed by atoms with Gasteiger partial charge in [0.2, 0.25) is 11.8 Å². The van der Waals surface area contributed by atoms with Crippen LogP contribution < -0.4 is 21.3 Å². The number of ether oxygens (including phenoxy) is 1. The van der Waals surface area contributed by atoms with Gasteiger partial charge in [-0.25, -0.2) is 4.79 Å². The van der Waals surface area contributed by atoms with Crippen molar-refractivity contribution in [3.8, 4) is 0 Å². The second kappa shape index (κ2) is 26.2. The molecular weight excluding hydrogens is 831 g/mol. The molecule has 4 amide bonds. The van der Waals surface area contributed by atoms with Crippen LogP contribution in [0.2, 0.25) is 0 Å². The third-order valence-electron chi connectivity index (χ3n) is 11.4. The van der Waals surface area contributed by atoms with Crippen LogP contribution in [0.3, 0.4) is 0 Å². The molecule has 21 nitrogen and oxygen atoms in total. The maximum absolute atomic E-state index is 12.7. The lowest BCUT2D eigenvalue weighted by atomic mass is 10.0. The van der Waals surface area contributed by atoms with E-state index < -0.39 is 43.1 Å². The van der Waals surface area contributed by atoms with E-state index in [0.717, 1.165) is 24.2 Å². The minimum Gasteiger partial charge on any atom is -0.480 e. The van der Waals surface area contributed by atoms with E-state index in [1.165, 1.54) is 4.90 Å². The molecule has 0 bridgehead atoms. The Kier molecular flexibility index (Phi) is 21.5. The number of aliphatic carboxylic acids is 1. The van der Waals surface area contributed by atoms with Crippen LogP contribution in [0, 0.1) is 0 Å². The van der Waals surface area contributed by atoms with Crippen molar-refractivity contribution in [2.45, 2.75) is 86.9 Å². The van der Waals surface area contributed by atoms with Gasteiger partial charge in [0.15, 0.2) is 12.6 Å². The number of hydrogen-bond donors (Lipinski definition) is 10. The zero-order valence-corrected chi connectivity index (χ0v) is 36.6. The number of nitrogens with one attached hydrogen (secondary N) is 4. The van der Waals surface area contributed by atoms with Crippen molar-refractivity contribution in [3.63, 3.8) is 0 Å². The number of β-amino-alcohol motifs (C(OH)–C–C–N with tert-alkyl or cyclic N) is 2. The minimum atomic E-state index is -1.89. The summed E-state index contributed by atoms with van der Waals surface area (Å²) in [4.78, 5) is 70.3. The molecule has 3 aliphatic rings. The number of carboxylic acids is 1. The quantitative estimate of drug-likeness (QED) is 0.0249. The minimum absolute atomic E-state index is 0.0168. The van der Waals surface area contributed by atoms with Gasteiger partial charge in [-0.2, -0.15) is 11.8 Å². The topological polar surface area (TPSA) is 280 Å². The molecule has 0 aliphatic carbocycles. The Morgan fingerprint density at radius 2 is 1.66 bits per heavy atom. The van der Waals surface area contributed by atoms with E-state index in [2.05, 4.69) is 26.2 Å². The van der Waals surface area contributed by atoms with E-state index in [0.29, 0.717) is 76.0 Å². The molecule has 10 N–H and O–H groups in total. The molecule has 22 heteroatoms. The Morgan fingerprint density at radius 3 is 2.34 bits per heavy atom. The Morgan fingerprint density at radius 1 is 0.952 bits per heavy atom. The second-order valence-corrected chi connectivity index (χ2v) is 17.6. The average Bonchev–Trinajstić information content (AvgIpc) is 3.78. The summed E-state index contributed by atoms with van der Waals surface area (Å²) in [5.41, 5.74) is 1.35. The molecule has 0 saturated carbocycles. The number of nitrogens with zero attached hydrogens (tertiary/aromatic N) is 5. The number of amides is 4. The summed E-state index contributed by atoms with van der Waals surface area (Å²) < 4.78 is 5.21. The molecule has 0 radical (unpaired) electrons. The molecule has 350 valence electrons. The lowest BCUT2D eigenvalue weighted by molar-refractivity contribution is -0.150. The highest BCUT2D eigenvalue weighted by atomic mass is 32.2. The molecule has 5 unspecified atom stereocenters. The fourth-order valence-corrected chi connectivity index (χ4v) is 9.22. The molecule has 62 heavy (non-hydrogen) atoms. The van der Waals surface area contributed by atoms with Gasteiger partial charge in [-0.05, 0) is 44.0 Å². The van der Waals surface area contributed by atoms with E-state index >= 15 is 0 Å². The second-order valence-electron chi connectivity index (χ2n) is 16.3. The Labute approximate surface area is 367 Å². The van der Waals surface area contributed by atoms with Crippen molar-refractivity contribution < 1.29 is 59.3 Å². The van der Waals surface area contributed by atoms with Gasteiger partial charge in [0, 0.05) is 95.0 Å². The number of carbonyl (C=O) groups excluding carboxylic acids is 4. The van der Waals surface area contributed by atoms with Crippen LogP contribution in [-0.4, -0.2) is 226 Å².